The van der Waals surface area contributed by atoms with Crippen LogP contribution >= 0.6 is 23.2 Å². The average molecular weight is 378 g/mol. The van der Waals surface area contributed by atoms with Gasteiger partial charge in [0.2, 0.25) is 0 Å². The molecule has 4 nitrogen and oxygen atoms in total. The zero-order valence-corrected chi connectivity index (χ0v) is 15.2. The first-order valence-electron chi connectivity index (χ1n) is 8.06. The molecule has 1 heterocycles. The molecule has 0 saturated carbocycles. The number of benzene rings is 1. The zero-order valence-electron chi connectivity index (χ0n) is 13.7. The molecule has 3 rings (SSSR count). The lowest BCUT2D eigenvalue weighted by atomic mass is 9.91. The van der Waals surface area contributed by atoms with Gasteiger partial charge in [-0.1, -0.05) is 23.2 Å². The van der Waals surface area contributed by atoms with Gasteiger partial charge in [0.1, 0.15) is 11.5 Å². The SMILES string of the molecule is CCOC(=O)C=C1CCCc2cc(Oc3ccc(Cl)cc3Cl)cnc21. The van der Waals surface area contributed by atoms with Crippen LogP contribution in [0.25, 0.3) is 5.57 Å². The molecule has 1 aromatic heterocycles. The van der Waals surface area contributed by atoms with Crippen molar-refractivity contribution in [2.75, 3.05) is 6.61 Å². The highest BCUT2D eigenvalue weighted by molar-refractivity contribution is 6.35. The molecule has 0 atom stereocenters. The van der Waals surface area contributed by atoms with Gasteiger partial charge in [0.05, 0.1) is 23.5 Å². The van der Waals surface area contributed by atoms with Gasteiger partial charge in [0.15, 0.2) is 0 Å². The van der Waals surface area contributed by atoms with Gasteiger partial charge in [-0.05, 0) is 61.6 Å². The number of allylic oxidation sites excluding steroid dienone is 1. The molecule has 0 radical (unpaired) electrons. The Morgan fingerprint density at radius 3 is 2.88 bits per heavy atom. The number of hydrogen-bond donors (Lipinski definition) is 0. The van der Waals surface area contributed by atoms with Crippen molar-refractivity contribution >= 4 is 34.7 Å². The van der Waals surface area contributed by atoms with Gasteiger partial charge >= 0.3 is 5.97 Å². The van der Waals surface area contributed by atoms with Gasteiger partial charge in [0, 0.05) is 11.1 Å². The van der Waals surface area contributed by atoms with E-state index in [-0.39, 0.29) is 5.97 Å². The van der Waals surface area contributed by atoms with Gasteiger partial charge < -0.3 is 9.47 Å². The van der Waals surface area contributed by atoms with Crippen molar-refractivity contribution in [3.63, 3.8) is 0 Å². The number of halogens is 2. The van der Waals surface area contributed by atoms with Crippen LogP contribution in [0.1, 0.15) is 31.0 Å². The predicted octanol–water partition coefficient (Wildman–Crippen LogP) is 5.46. The van der Waals surface area contributed by atoms with Crippen LogP contribution in [0.5, 0.6) is 11.5 Å². The largest absolute Gasteiger partial charge is 0.463 e. The first-order chi connectivity index (χ1) is 12.1. The summed E-state index contributed by atoms with van der Waals surface area (Å²) in [6.45, 7) is 2.15. The van der Waals surface area contributed by atoms with Crippen LogP contribution in [-0.2, 0) is 16.0 Å². The van der Waals surface area contributed by atoms with Crippen molar-refractivity contribution in [2.24, 2.45) is 0 Å². The fraction of sp³-hybridized carbons (Fsp3) is 0.263. The van der Waals surface area contributed by atoms with E-state index in [2.05, 4.69) is 4.98 Å². The second kappa shape index (κ2) is 7.89. The normalized spacial score (nSPS) is 14.9. The highest BCUT2D eigenvalue weighted by atomic mass is 35.5. The van der Waals surface area contributed by atoms with E-state index in [9.17, 15) is 4.79 Å². The van der Waals surface area contributed by atoms with Crippen LogP contribution in [0.4, 0.5) is 0 Å². The Morgan fingerprint density at radius 1 is 1.28 bits per heavy atom. The number of nitrogens with zero attached hydrogens (tertiary/aromatic N) is 1. The molecule has 0 spiro atoms. The molecule has 1 aliphatic carbocycles. The molecule has 0 saturated heterocycles. The summed E-state index contributed by atoms with van der Waals surface area (Å²) in [5.41, 5.74) is 2.77. The molecule has 0 aliphatic heterocycles. The molecule has 1 aliphatic rings. The number of hydrogen-bond acceptors (Lipinski definition) is 4. The smallest absolute Gasteiger partial charge is 0.331 e. The molecular formula is C19H17Cl2NO3. The van der Waals surface area contributed by atoms with Gasteiger partial charge in [-0.25, -0.2) is 4.79 Å². The van der Waals surface area contributed by atoms with Crippen molar-refractivity contribution in [2.45, 2.75) is 26.2 Å². The van der Waals surface area contributed by atoms with Crippen LogP contribution in [0.2, 0.25) is 10.0 Å². The third-order valence-electron chi connectivity index (χ3n) is 3.84. The fourth-order valence-corrected chi connectivity index (χ4v) is 3.21. The number of pyridine rings is 1. The molecule has 6 heteroatoms. The molecule has 0 bridgehead atoms. The molecule has 0 unspecified atom stereocenters. The summed E-state index contributed by atoms with van der Waals surface area (Å²) in [7, 11) is 0. The lowest BCUT2D eigenvalue weighted by molar-refractivity contribution is -0.137. The van der Waals surface area contributed by atoms with Crippen LogP contribution < -0.4 is 4.74 Å². The minimum absolute atomic E-state index is 0.333. The number of rotatable bonds is 4. The summed E-state index contributed by atoms with van der Waals surface area (Å²) in [5.74, 6) is 0.784. The van der Waals surface area contributed by atoms with E-state index in [0.29, 0.717) is 28.2 Å². The average Bonchev–Trinajstić information content (AvgIpc) is 2.58. The van der Waals surface area contributed by atoms with Crippen LogP contribution in [-0.4, -0.2) is 17.6 Å². The van der Waals surface area contributed by atoms with Crippen molar-refractivity contribution < 1.29 is 14.3 Å². The van der Waals surface area contributed by atoms with E-state index in [4.69, 9.17) is 32.7 Å². The molecular weight excluding hydrogens is 361 g/mol. The fourth-order valence-electron chi connectivity index (χ4n) is 2.76. The first kappa shape index (κ1) is 17.8. The number of aromatic nitrogens is 1. The Morgan fingerprint density at radius 2 is 2.12 bits per heavy atom. The Balaban J connectivity index is 1.85. The second-order valence-corrected chi connectivity index (χ2v) is 6.47. The van der Waals surface area contributed by atoms with Crippen LogP contribution in [0.15, 0.2) is 36.5 Å². The summed E-state index contributed by atoms with van der Waals surface area (Å²) in [6.07, 6.45) is 5.81. The third-order valence-corrected chi connectivity index (χ3v) is 4.37. The summed E-state index contributed by atoms with van der Waals surface area (Å²) in [5, 5.41) is 0.989. The summed E-state index contributed by atoms with van der Waals surface area (Å²) in [4.78, 5) is 16.2. The molecule has 130 valence electrons. The summed E-state index contributed by atoms with van der Waals surface area (Å²) in [6, 6.07) is 7.00. The van der Waals surface area contributed by atoms with Crippen molar-refractivity contribution in [3.05, 3.63) is 57.8 Å². The maximum Gasteiger partial charge on any atom is 0.331 e. The maximum atomic E-state index is 11.7. The van der Waals surface area contributed by atoms with Gasteiger partial charge in [-0.3, -0.25) is 4.98 Å². The summed E-state index contributed by atoms with van der Waals surface area (Å²) >= 11 is 12.0. The molecule has 0 fully saturated rings. The first-order valence-corrected chi connectivity index (χ1v) is 8.82. The van der Waals surface area contributed by atoms with E-state index < -0.39 is 0 Å². The van der Waals surface area contributed by atoms with E-state index >= 15 is 0 Å². The number of aryl methyl sites for hydroxylation is 1. The Bertz CT molecular complexity index is 833. The van der Waals surface area contributed by atoms with E-state index in [1.54, 1.807) is 31.3 Å². The predicted molar refractivity (Wildman–Crippen MR) is 98.3 cm³/mol. The summed E-state index contributed by atoms with van der Waals surface area (Å²) < 4.78 is 10.8. The molecule has 25 heavy (non-hydrogen) atoms. The number of carbonyl (C=O) groups is 1. The second-order valence-electron chi connectivity index (χ2n) is 5.63. The maximum absolute atomic E-state index is 11.7. The van der Waals surface area contributed by atoms with E-state index in [1.165, 1.54) is 6.08 Å². The minimum atomic E-state index is -0.333. The highest BCUT2D eigenvalue weighted by Crippen LogP contribution is 2.35. The Labute approximate surface area is 156 Å². The molecule has 0 N–H and O–H groups in total. The van der Waals surface area contributed by atoms with Crippen molar-refractivity contribution in [1.29, 1.82) is 0 Å². The lowest BCUT2D eigenvalue weighted by Gasteiger charge is -2.19. The Hall–Kier alpha value is -2.04. The number of ether oxygens (including phenoxy) is 2. The van der Waals surface area contributed by atoms with Crippen molar-refractivity contribution in [1.82, 2.24) is 4.98 Å². The van der Waals surface area contributed by atoms with Crippen LogP contribution in [0.3, 0.4) is 0 Å². The van der Waals surface area contributed by atoms with Crippen LogP contribution in [0, 0.1) is 0 Å². The lowest BCUT2D eigenvalue weighted by Crippen LogP contribution is -2.08. The van der Waals surface area contributed by atoms with Gasteiger partial charge in [-0.2, -0.15) is 0 Å². The monoisotopic (exact) mass is 377 g/mol. The van der Waals surface area contributed by atoms with Crippen molar-refractivity contribution in [3.8, 4) is 11.5 Å². The molecule has 0 amide bonds. The van der Waals surface area contributed by atoms with E-state index in [1.807, 2.05) is 6.07 Å². The quantitative estimate of drug-likeness (QED) is 0.523. The number of carbonyl (C=O) groups excluding carboxylic acids is 1. The van der Waals surface area contributed by atoms with Gasteiger partial charge in [-0.15, -0.1) is 0 Å². The number of fused-ring (bicyclic) bond motifs is 1. The third kappa shape index (κ3) is 4.33. The topological polar surface area (TPSA) is 48.4 Å². The Kier molecular flexibility index (Phi) is 5.61. The zero-order chi connectivity index (χ0) is 17.8. The molecule has 2 aromatic rings. The minimum Gasteiger partial charge on any atom is -0.463 e. The van der Waals surface area contributed by atoms with Gasteiger partial charge in [0.25, 0.3) is 0 Å². The highest BCUT2D eigenvalue weighted by Gasteiger charge is 2.18. The standard InChI is InChI=1S/C19H17Cl2NO3/c1-2-24-18(23)9-13-5-3-4-12-8-15(11-22-19(12)13)25-17-7-6-14(20)10-16(17)21/h6-11H,2-5H2,1H3. The molecule has 1 aromatic carbocycles. The van der Waals surface area contributed by atoms with E-state index in [0.717, 1.165) is 36.1 Å². The number of esters is 1.